The number of hydrogen-bond donors (Lipinski definition) is 2. The second-order valence-corrected chi connectivity index (χ2v) is 7.35. The van der Waals surface area contributed by atoms with Crippen LogP contribution in [0, 0.1) is 0 Å². The minimum Gasteiger partial charge on any atom is -0.481 e. The van der Waals surface area contributed by atoms with Gasteiger partial charge in [0.05, 0.1) is 12.0 Å². The molecule has 22 heavy (non-hydrogen) atoms. The van der Waals surface area contributed by atoms with Crippen molar-refractivity contribution in [3.8, 4) is 0 Å². The Hall–Kier alpha value is -1.49. The molecule has 1 amide bonds. The van der Waals surface area contributed by atoms with Gasteiger partial charge in [0.25, 0.3) is 5.91 Å². The number of aliphatic carboxylic acids is 1. The fraction of sp³-hybridized carbons (Fsp3) is 0.529. The van der Waals surface area contributed by atoms with Crippen molar-refractivity contribution in [1.82, 2.24) is 5.32 Å². The van der Waals surface area contributed by atoms with Gasteiger partial charge in [0.2, 0.25) is 0 Å². The standard InChI is InChI=1S/C17H25NO3S/c1-5-17(6-2,11-15(19)20)18-16(21)13-7-9-14(10-8-13)22-12(3)4/h7-10,12H,5-6,11H2,1-4H3,(H,18,21)(H,19,20). The monoisotopic (exact) mass is 323 g/mol. The van der Waals surface area contributed by atoms with Crippen LogP contribution in [0.5, 0.6) is 0 Å². The summed E-state index contributed by atoms with van der Waals surface area (Å²) in [6.07, 6.45) is 1.11. The van der Waals surface area contributed by atoms with Crippen LogP contribution < -0.4 is 5.32 Å². The van der Waals surface area contributed by atoms with Crippen molar-refractivity contribution in [2.75, 3.05) is 0 Å². The van der Waals surface area contributed by atoms with Crippen molar-refractivity contribution in [1.29, 1.82) is 0 Å². The van der Waals surface area contributed by atoms with Crippen molar-refractivity contribution in [3.05, 3.63) is 29.8 Å². The number of benzene rings is 1. The van der Waals surface area contributed by atoms with Crippen LogP contribution in [0.3, 0.4) is 0 Å². The molecule has 0 atom stereocenters. The lowest BCUT2D eigenvalue weighted by Crippen LogP contribution is -2.49. The van der Waals surface area contributed by atoms with Gasteiger partial charge in [-0.2, -0.15) is 0 Å². The van der Waals surface area contributed by atoms with E-state index in [2.05, 4.69) is 19.2 Å². The molecule has 1 aromatic carbocycles. The zero-order valence-corrected chi connectivity index (χ0v) is 14.5. The first-order chi connectivity index (χ1) is 10.3. The Morgan fingerprint density at radius 3 is 2.14 bits per heavy atom. The molecule has 0 aliphatic rings. The predicted octanol–water partition coefficient (Wildman–Crippen LogP) is 3.95. The molecule has 4 nitrogen and oxygen atoms in total. The number of amides is 1. The maximum absolute atomic E-state index is 12.4. The van der Waals surface area contributed by atoms with Crippen molar-refractivity contribution in [2.24, 2.45) is 0 Å². The van der Waals surface area contributed by atoms with E-state index in [1.165, 1.54) is 0 Å². The molecule has 0 saturated carbocycles. The van der Waals surface area contributed by atoms with Crippen LogP contribution in [0.25, 0.3) is 0 Å². The number of hydrogen-bond acceptors (Lipinski definition) is 3. The molecule has 0 aliphatic heterocycles. The molecule has 122 valence electrons. The Bertz CT molecular complexity index is 507. The Morgan fingerprint density at radius 1 is 1.18 bits per heavy atom. The molecule has 2 N–H and O–H groups in total. The number of carbonyl (C=O) groups is 2. The van der Waals surface area contributed by atoms with E-state index in [-0.39, 0.29) is 12.3 Å². The number of carboxylic acids is 1. The molecular formula is C17H25NO3S. The third kappa shape index (κ3) is 5.37. The summed E-state index contributed by atoms with van der Waals surface area (Å²) < 4.78 is 0. The number of carbonyl (C=O) groups excluding carboxylic acids is 1. The maximum atomic E-state index is 12.4. The molecule has 0 fully saturated rings. The van der Waals surface area contributed by atoms with Crippen molar-refractivity contribution in [2.45, 2.75) is 62.6 Å². The van der Waals surface area contributed by atoms with Crippen LogP contribution >= 0.6 is 11.8 Å². The van der Waals surface area contributed by atoms with Crippen molar-refractivity contribution >= 4 is 23.6 Å². The molecule has 1 rings (SSSR count). The summed E-state index contributed by atoms with van der Waals surface area (Å²) in [4.78, 5) is 24.5. The van der Waals surface area contributed by atoms with E-state index >= 15 is 0 Å². The third-order valence-corrected chi connectivity index (χ3v) is 4.73. The first-order valence-corrected chi connectivity index (χ1v) is 8.51. The lowest BCUT2D eigenvalue weighted by atomic mass is 9.88. The fourth-order valence-electron chi connectivity index (χ4n) is 2.28. The third-order valence-electron chi connectivity index (χ3n) is 3.71. The van der Waals surface area contributed by atoms with E-state index in [1.54, 1.807) is 23.9 Å². The largest absolute Gasteiger partial charge is 0.481 e. The fourth-order valence-corrected chi connectivity index (χ4v) is 3.12. The summed E-state index contributed by atoms with van der Waals surface area (Å²) >= 11 is 1.74. The molecule has 1 aromatic rings. The quantitative estimate of drug-likeness (QED) is 0.711. The molecule has 0 saturated heterocycles. The van der Waals surface area contributed by atoms with E-state index < -0.39 is 11.5 Å². The zero-order chi connectivity index (χ0) is 16.8. The van der Waals surface area contributed by atoms with Crippen molar-refractivity contribution in [3.63, 3.8) is 0 Å². The first-order valence-electron chi connectivity index (χ1n) is 7.63. The number of rotatable bonds is 8. The number of nitrogens with one attached hydrogen (secondary N) is 1. The molecule has 0 spiro atoms. The van der Waals surface area contributed by atoms with Gasteiger partial charge in [-0.3, -0.25) is 9.59 Å². The van der Waals surface area contributed by atoms with Crippen LogP contribution in [0.2, 0.25) is 0 Å². The van der Waals surface area contributed by atoms with Gasteiger partial charge < -0.3 is 10.4 Å². The Kier molecular flexibility index (Phi) is 6.94. The van der Waals surface area contributed by atoms with Crippen molar-refractivity contribution < 1.29 is 14.7 Å². The normalized spacial score (nSPS) is 11.5. The molecule has 0 heterocycles. The maximum Gasteiger partial charge on any atom is 0.305 e. The second-order valence-electron chi connectivity index (χ2n) is 5.70. The summed E-state index contributed by atoms with van der Waals surface area (Å²) in [7, 11) is 0. The topological polar surface area (TPSA) is 66.4 Å². The first kappa shape index (κ1) is 18.6. The average molecular weight is 323 g/mol. The van der Waals surface area contributed by atoms with E-state index in [0.717, 1.165) is 4.90 Å². The summed E-state index contributed by atoms with van der Waals surface area (Å²) in [5, 5.41) is 12.5. The Morgan fingerprint density at radius 2 is 1.73 bits per heavy atom. The van der Waals surface area contributed by atoms with E-state index in [9.17, 15) is 9.59 Å². The smallest absolute Gasteiger partial charge is 0.305 e. The lowest BCUT2D eigenvalue weighted by Gasteiger charge is -2.31. The van der Waals surface area contributed by atoms with Gasteiger partial charge in [-0.1, -0.05) is 27.7 Å². The van der Waals surface area contributed by atoms with Gasteiger partial charge in [-0.15, -0.1) is 11.8 Å². The minimum absolute atomic E-state index is 0.0625. The van der Waals surface area contributed by atoms with Crippen LogP contribution in [0.1, 0.15) is 57.3 Å². The van der Waals surface area contributed by atoms with E-state index in [0.29, 0.717) is 23.7 Å². The van der Waals surface area contributed by atoms with Gasteiger partial charge in [-0.05, 0) is 37.1 Å². The highest BCUT2D eigenvalue weighted by Crippen LogP contribution is 2.24. The number of carboxylic acid groups (broad SMARTS) is 1. The van der Waals surface area contributed by atoms with Gasteiger partial charge in [0.1, 0.15) is 0 Å². The molecule has 5 heteroatoms. The molecule has 0 unspecified atom stereocenters. The van der Waals surface area contributed by atoms with Crippen LogP contribution in [0.4, 0.5) is 0 Å². The molecule has 0 radical (unpaired) electrons. The zero-order valence-electron chi connectivity index (χ0n) is 13.7. The van der Waals surface area contributed by atoms with Crippen LogP contribution in [-0.2, 0) is 4.79 Å². The minimum atomic E-state index is -0.896. The summed E-state index contributed by atoms with van der Waals surface area (Å²) in [5.74, 6) is -1.11. The summed E-state index contributed by atoms with van der Waals surface area (Å²) in [6, 6.07) is 7.43. The highest BCUT2D eigenvalue weighted by Gasteiger charge is 2.31. The second kappa shape index (κ2) is 8.22. The van der Waals surface area contributed by atoms with E-state index in [1.807, 2.05) is 26.0 Å². The SMILES string of the molecule is CCC(CC)(CC(=O)O)NC(=O)c1ccc(SC(C)C)cc1. The number of thioether (sulfide) groups is 1. The molecule has 0 aliphatic carbocycles. The van der Waals surface area contributed by atoms with Crippen LogP contribution in [0.15, 0.2) is 29.2 Å². The van der Waals surface area contributed by atoms with Gasteiger partial charge >= 0.3 is 5.97 Å². The highest BCUT2D eigenvalue weighted by atomic mass is 32.2. The lowest BCUT2D eigenvalue weighted by molar-refractivity contribution is -0.138. The Labute approximate surface area is 136 Å². The average Bonchev–Trinajstić information content (AvgIpc) is 2.46. The molecule has 0 aromatic heterocycles. The molecule has 0 bridgehead atoms. The summed E-state index contributed by atoms with van der Waals surface area (Å²) in [5.41, 5.74) is -0.126. The molecular weight excluding hydrogens is 298 g/mol. The van der Waals surface area contributed by atoms with Crippen LogP contribution in [-0.4, -0.2) is 27.8 Å². The van der Waals surface area contributed by atoms with E-state index in [4.69, 9.17) is 5.11 Å². The predicted molar refractivity (Wildman–Crippen MR) is 90.5 cm³/mol. The Balaban J connectivity index is 2.83. The van der Waals surface area contributed by atoms with Gasteiger partial charge in [0, 0.05) is 15.7 Å². The highest BCUT2D eigenvalue weighted by molar-refractivity contribution is 7.99. The van der Waals surface area contributed by atoms with Gasteiger partial charge in [-0.25, -0.2) is 0 Å². The summed E-state index contributed by atoms with van der Waals surface area (Å²) in [6.45, 7) is 8.03. The van der Waals surface area contributed by atoms with Gasteiger partial charge in [0.15, 0.2) is 0 Å².